The zero-order valence-electron chi connectivity index (χ0n) is 12.0. The summed E-state index contributed by atoms with van der Waals surface area (Å²) in [5.41, 5.74) is 1.81. The van der Waals surface area contributed by atoms with Gasteiger partial charge in [0.1, 0.15) is 6.04 Å². The van der Waals surface area contributed by atoms with E-state index in [0.717, 1.165) is 16.5 Å². The lowest BCUT2D eigenvalue weighted by Crippen LogP contribution is -2.48. The van der Waals surface area contributed by atoms with E-state index in [2.05, 4.69) is 15.6 Å². The maximum Gasteiger partial charge on any atom is 0.326 e. The number of carbonyl (C=O) groups is 2. The highest BCUT2D eigenvalue weighted by atomic mass is 16.4. The molecule has 1 atom stereocenters. The lowest BCUT2D eigenvalue weighted by atomic mass is 10.1. The van der Waals surface area contributed by atoms with Crippen molar-refractivity contribution in [2.45, 2.75) is 32.4 Å². The van der Waals surface area contributed by atoms with Crippen LogP contribution in [-0.2, 0) is 11.2 Å². The zero-order valence-corrected chi connectivity index (χ0v) is 12.0. The summed E-state index contributed by atoms with van der Waals surface area (Å²) < 4.78 is 0. The maximum absolute atomic E-state index is 11.7. The van der Waals surface area contributed by atoms with E-state index in [4.69, 9.17) is 0 Å². The molecule has 0 aliphatic carbocycles. The van der Waals surface area contributed by atoms with Crippen molar-refractivity contribution in [3.63, 3.8) is 0 Å². The SMILES string of the molecule is CC(C)NC(=O)N[C@H](Cc1c[nH]c2ccccc12)C(=O)O. The number of hydrogen-bond acceptors (Lipinski definition) is 2. The lowest BCUT2D eigenvalue weighted by molar-refractivity contribution is -0.139. The van der Waals surface area contributed by atoms with Crippen molar-refractivity contribution in [3.05, 3.63) is 36.0 Å². The highest BCUT2D eigenvalue weighted by molar-refractivity contribution is 5.86. The predicted molar refractivity (Wildman–Crippen MR) is 80.2 cm³/mol. The summed E-state index contributed by atoms with van der Waals surface area (Å²) in [6, 6.07) is 6.16. The van der Waals surface area contributed by atoms with E-state index in [1.807, 2.05) is 38.1 Å². The summed E-state index contributed by atoms with van der Waals surface area (Å²) in [6.45, 7) is 3.63. The van der Waals surface area contributed by atoms with E-state index >= 15 is 0 Å². The predicted octanol–water partition coefficient (Wildman–Crippen LogP) is 1.87. The van der Waals surface area contributed by atoms with Crippen LogP contribution in [0.3, 0.4) is 0 Å². The number of carbonyl (C=O) groups excluding carboxylic acids is 1. The number of nitrogens with one attached hydrogen (secondary N) is 3. The topological polar surface area (TPSA) is 94.2 Å². The first-order chi connectivity index (χ1) is 9.97. The van der Waals surface area contributed by atoms with Crippen LogP contribution in [0.2, 0.25) is 0 Å². The highest BCUT2D eigenvalue weighted by Crippen LogP contribution is 2.19. The molecular weight excluding hydrogens is 270 g/mol. The Morgan fingerprint density at radius 3 is 2.62 bits per heavy atom. The molecule has 0 spiro atoms. The van der Waals surface area contributed by atoms with Crippen LogP contribution < -0.4 is 10.6 Å². The molecule has 0 radical (unpaired) electrons. The molecule has 4 N–H and O–H groups in total. The number of amides is 2. The summed E-state index contributed by atoms with van der Waals surface area (Å²) in [7, 11) is 0. The van der Waals surface area contributed by atoms with E-state index in [1.165, 1.54) is 0 Å². The second kappa shape index (κ2) is 6.30. The number of hydrogen-bond donors (Lipinski definition) is 4. The van der Waals surface area contributed by atoms with Crippen molar-refractivity contribution in [1.82, 2.24) is 15.6 Å². The van der Waals surface area contributed by atoms with Crippen LogP contribution in [0.15, 0.2) is 30.5 Å². The van der Waals surface area contributed by atoms with Crippen LogP contribution >= 0.6 is 0 Å². The molecule has 2 amide bonds. The van der Waals surface area contributed by atoms with E-state index in [-0.39, 0.29) is 12.5 Å². The Morgan fingerprint density at radius 2 is 1.95 bits per heavy atom. The molecule has 0 bridgehead atoms. The van der Waals surface area contributed by atoms with Crippen LogP contribution in [0.25, 0.3) is 10.9 Å². The van der Waals surface area contributed by atoms with Gasteiger partial charge in [0.2, 0.25) is 0 Å². The third-order valence-corrected chi connectivity index (χ3v) is 3.12. The van der Waals surface area contributed by atoms with Gasteiger partial charge in [-0.1, -0.05) is 18.2 Å². The number of aromatic amines is 1. The largest absolute Gasteiger partial charge is 0.480 e. The van der Waals surface area contributed by atoms with Gasteiger partial charge in [0, 0.05) is 29.6 Å². The van der Waals surface area contributed by atoms with Gasteiger partial charge in [-0.3, -0.25) is 0 Å². The second-order valence-electron chi connectivity index (χ2n) is 5.23. The molecule has 21 heavy (non-hydrogen) atoms. The molecule has 112 valence electrons. The first-order valence-electron chi connectivity index (χ1n) is 6.82. The molecule has 1 aromatic carbocycles. The van der Waals surface area contributed by atoms with Crippen molar-refractivity contribution in [3.8, 4) is 0 Å². The molecule has 0 saturated carbocycles. The van der Waals surface area contributed by atoms with Crippen LogP contribution in [0.1, 0.15) is 19.4 Å². The molecule has 0 saturated heterocycles. The number of carboxylic acids is 1. The average Bonchev–Trinajstić information content (AvgIpc) is 2.80. The Morgan fingerprint density at radius 1 is 1.24 bits per heavy atom. The standard InChI is InChI=1S/C15H19N3O3/c1-9(2)17-15(21)18-13(14(19)20)7-10-8-16-12-6-4-3-5-11(10)12/h3-6,8-9,13,16H,7H2,1-2H3,(H,19,20)(H2,17,18,21)/t13-/m1/s1. The Kier molecular flexibility index (Phi) is 4.47. The van der Waals surface area contributed by atoms with Gasteiger partial charge in [0.05, 0.1) is 0 Å². The minimum atomic E-state index is -1.06. The smallest absolute Gasteiger partial charge is 0.326 e. The van der Waals surface area contributed by atoms with Crippen molar-refractivity contribution >= 4 is 22.9 Å². The molecule has 0 fully saturated rings. The Hall–Kier alpha value is -2.50. The zero-order chi connectivity index (χ0) is 15.4. The molecule has 1 aromatic heterocycles. The molecule has 0 unspecified atom stereocenters. The summed E-state index contributed by atoms with van der Waals surface area (Å²) in [5.74, 6) is -1.06. The molecule has 6 nitrogen and oxygen atoms in total. The van der Waals surface area contributed by atoms with Gasteiger partial charge < -0.3 is 20.7 Å². The molecule has 2 rings (SSSR count). The van der Waals surface area contributed by atoms with Crippen molar-refractivity contribution in [2.75, 3.05) is 0 Å². The van der Waals surface area contributed by atoms with Gasteiger partial charge in [0.15, 0.2) is 0 Å². The fourth-order valence-electron chi connectivity index (χ4n) is 2.18. The van der Waals surface area contributed by atoms with Gasteiger partial charge in [-0.05, 0) is 25.5 Å². The maximum atomic E-state index is 11.7. The number of rotatable bonds is 5. The number of aromatic nitrogens is 1. The Balaban J connectivity index is 2.13. The molecule has 2 aromatic rings. The first kappa shape index (κ1) is 14.9. The van der Waals surface area contributed by atoms with Crippen LogP contribution in [0.5, 0.6) is 0 Å². The van der Waals surface area contributed by atoms with Crippen LogP contribution in [-0.4, -0.2) is 34.2 Å². The number of aliphatic carboxylic acids is 1. The Bertz CT molecular complexity index is 648. The van der Waals surface area contributed by atoms with Crippen molar-refractivity contribution < 1.29 is 14.7 Å². The molecular formula is C15H19N3O3. The minimum absolute atomic E-state index is 0.0486. The number of urea groups is 1. The fraction of sp³-hybridized carbons (Fsp3) is 0.333. The summed E-state index contributed by atoms with van der Waals surface area (Å²) in [5, 5.41) is 15.4. The number of para-hydroxylation sites is 1. The number of carboxylic acid groups (broad SMARTS) is 1. The molecule has 0 aliphatic heterocycles. The van der Waals surface area contributed by atoms with Crippen molar-refractivity contribution in [2.24, 2.45) is 0 Å². The lowest BCUT2D eigenvalue weighted by Gasteiger charge is -2.16. The second-order valence-corrected chi connectivity index (χ2v) is 5.23. The van der Waals surface area contributed by atoms with E-state index in [1.54, 1.807) is 6.20 Å². The quantitative estimate of drug-likeness (QED) is 0.677. The van der Waals surface area contributed by atoms with E-state index in [0.29, 0.717) is 0 Å². The molecule has 0 aliphatic rings. The van der Waals surface area contributed by atoms with Gasteiger partial charge in [-0.25, -0.2) is 9.59 Å². The monoisotopic (exact) mass is 289 g/mol. The number of H-pyrrole nitrogens is 1. The third kappa shape index (κ3) is 3.75. The molecule has 6 heteroatoms. The van der Waals surface area contributed by atoms with Gasteiger partial charge in [0.25, 0.3) is 0 Å². The van der Waals surface area contributed by atoms with Crippen LogP contribution in [0, 0.1) is 0 Å². The third-order valence-electron chi connectivity index (χ3n) is 3.12. The molecule has 1 heterocycles. The van der Waals surface area contributed by atoms with Crippen LogP contribution in [0.4, 0.5) is 4.79 Å². The fourth-order valence-corrected chi connectivity index (χ4v) is 2.18. The van der Waals surface area contributed by atoms with Gasteiger partial charge >= 0.3 is 12.0 Å². The number of benzene rings is 1. The van der Waals surface area contributed by atoms with E-state index < -0.39 is 18.0 Å². The summed E-state index contributed by atoms with van der Waals surface area (Å²) in [6.07, 6.45) is 2.01. The Labute approximate surface area is 122 Å². The highest BCUT2D eigenvalue weighted by Gasteiger charge is 2.21. The average molecular weight is 289 g/mol. The van der Waals surface area contributed by atoms with Crippen molar-refractivity contribution in [1.29, 1.82) is 0 Å². The summed E-state index contributed by atoms with van der Waals surface area (Å²) >= 11 is 0. The summed E-state index contributed by atoms with van der Waals surface area (Å²) in [4.78, 5) is 26.1. The number of fused-ring (bicyclic) bond motifs is 1. The minimum Gasteiger partial charge on any atom is -0.480 e. The van der Waals surface area contributed by atoms with Gasteiger partial charge in [-0.15, -0.1) is 0 Å². The normalized spacial score (nSPS) is 12.3. The first-order valence-corrected chi connectivity index (χ1v) is 6.82. The van der Waals surface area contributed by atoms with Gasteiger partial charge in [-0.2, -0.15) is 0 Å². The van der Waals surface area contributed by atoms with E-state index in [9.17, 15) is 14.7 Å².